The van der Waals surface area contributed by atoms with Crippen LogP contribution in [0.1, 0.15) is 0 Å². The van der Waals surface area contributed by atoms with E-state index in [1.54, 1.807) is 6.07 Å². The van der Waals surface area contributed by atoms with Gasteiger partial charge >= 0.3 is 0 Å². The van der Waals surface area contributed by atoms with Crippen molar-refractivity contribution in [3.8, 4) is 22.8 Å². The number of hydrogen-bond acceptors (Lipinski definition) is 4. The molecule has 0 saturated carbocycles. The second-order valence-corrected chi connectivity index (χ2v) is 5.90. The van der Waals surface area contributed by atoms with Crippen molar-refractivity contribution >= 4 is 37.5 Å². The van der Waals surface area contributed by atoms with Crippen molar-refractivity contribution < 1.29 is 4.52 Å². The Morgan fingerprint density at radius 2 is 1.80 bits per heavy atom. The SMILES string of the molecule is Nc1ccc(Br)cc1-c1nc(-c2ccccc2Br)no1. The predicted molar refractivity (Wildman–Crippen MR) is 85.0 cm³/mol. The summed E-state index contributed by atoms with van der Waals surface area (Å²) in [5.41, 5.74) is 8.12. The summed E-state index contributed by atoms with van der Waals surface area (Å²) in [6, 6.07) is 13.2. The summed E-state index contributed by atoms with van der Waals surface area (Å²) in [4.78, 5) is 4.40. The van der Waals surface area contributed by atoms with Crippen molar-refractivity contribution in [1.29, 1.82) is 0 Å². The first kappa shape index (κ1) is 13.3. The van der Waals surface area contributed by atoms with Crippen LogP contribution in [0.2, 0.25) is 0 Å². The summed E-state index contributed by atoms with van der Waals surface area (Å²) >= 11 is 6.87. The molecule has 0 saturated heterocycles. The molecule has 3 rings (SSSR count). The number of nitrogens with zero attached hydrogens (tertiary/aromatic N) is 2. The molecule has 0 aliphatic heterocycles. The lowest BCUT2D eigenvalue weighted by atomic mass is 10.2. The lowest BCUT2D eigenvalue weighted by Gasteiger charge is -2.00. The zero-order valence-corrected chi connectivity index (χ0v) is 13.3. The van der Waals surface area contributed by atoms with Crippen LogP contribution < -0.4 is 5.73 Å². The molecule has 100 valence electrons. The molecule has 0 atom stereocenters. The Morgan fingerprint density at radius 1 is 1.00 bits per heavy atom. The lowest BCUT2D eigenvalue weighted by Crippen LogP contribution is -1.90. The Kier molecular flexibility index (Phi) is 3.58. The van der Waals surface area contributed by atoms with Gasteiger partial charge in [0.15, 0.2) is 0 Å². The van der Waals surface area contributed by atoms with Crippen LogP contribution in [0.4, 0.5) is 5.69 Å². The van der Waals surface area contributed by atoms with E-state index in [2.05, 4.69) is 42.0 Å². The highest BCUT2D eigenvalue weighted by Gasteiger charge is 2.14. The monoisotopic (exact) mass is 393 g/mol. The van der Waals surface area contributed by atoms with Crippen LogP contribution >= 0.6 is 31.9 Å². The van der Waals surface area contributed by atoms with Gasteiger partial charge in [-0.05, 0) is 30.3 Å². The van der Waals surface area contributed by atoms with Gasteiger partial charge in [0.05, 0.1) is 5.56 Å². The van der Waals surface area contributed by atoms with Crippen LogP contribution in [0.15, 0.2) is 55.9 Å². The molecule has 0 fully saturated rings. The molecule has 0 aliphatic carbocycles. The molecule has 0 aliphatic rings. The first-order valence-corrected chi connectivity index (χ1v) is 7.38. The molecule has 2 aromatic carbocycles. The third-order valence-corrected chi connectivity index (χ3v) is 3.97. The smallest absolute Gasteiger partial charge is 0.260 e. The minimum atomic E-state index is 0.398. The number of rotatable bonds is 2. The molecule has 0 unspecified atom stereocenters. The quantitative estimate of drug-likeness (QED) is 0.649. The molecule has 0 radical (unpaired) electrons. The van der Waals surface area contributed by atoms with Crippen LogP contribution in [-0.4, -0.2) is 10.1 Å². The summed E-state index contributed by atoms with van der Waals surface area (Å²) in [6.45, 7) is 0. The maximum Gasteiger partial charge on any atom is 0.260 e. The summed E-state index contributed by atoms with van der Waals surface area (Å²) < 4.78 is 7.13. The van der Waals surface area contributed by atoms with Gasteiger partial charge in [-0.3, -0.25) is 0 Å². The Morgan fingerprint density at radius 3 is 2.60 bits per heavy atom. The van der Waals surface area contributed by atoms with Crippen LogP contribution in [0.5, 0.6) is 0 Å². The zero-order chi connectivity index (χ0) is 14.1. The Hall–Kier alpha value is -1.66. The second-order valence-electron chi connectivity index (χ2n) is 4.13. The van der Waals surface area contributed by atoms with Crippen molar-refractivity contribution in [1.82, 2.24) is 10.1 Å². The van der Waals surface area contributed by atoms with E-state index in [1.165, 1.54) is 0 Å². The highest BCUT2D eigenvalue weighted by atomic mass is 79.9. The molecule has 4 nitrogen and oxygen atoms in total. The number of halogens is 2. The van der Waals surface area contributed by atoms with Crippen molar-refractivity contribution in [2.75, 3.05) is 5.73 Å². The fourth-order valence-corrected chi connectivity index (χ4v) is 2.62. The third-order valence-electron chi connectivity index (χ3n) is 2.79. The van der Waals surface area contributed by atoms with Crippen molar-refractivity contribution in [3.05, 3.63) is 51.4 Å². The average Bonchev–Trinajstić information content (AvgIpc) is 2.91. The molecule has 2 N–H and O–H groups in total. The summed E-state index contributed by atoms with van der Waals surface area (Å²) in [5.74, 6) is 0.918. The topological polar surface area (TPSA) is 64.9 Å². The normalized spacial score (nSPS) is 10.7. The summed E-state index contributed by atoms with van der Waals surface area (Å²) in [5, 5.41) is 4.01. The standard InChI is InChI=1S/C14H9Br2N3O/c15-8-5-6-12(17)10(7-8)14-18-13(19-20-14)9-3-1-2-4-11(9)16/h1-7H,17H2. The maximum atomic E-state index is 5.94. The van der Waals surface area contributed by atoms with E-state index in [4.69, 9.17) is 10.3 Å². The van der Waals surface area contributed by atoms with Crippen LogP contribution in [-0.2, 0) is 0 Å². The molecule has 3 aromatic rings. The van der Waals surface area contributed by atoms with Crippen LogP contribution in [0.3, 0.4) is 0 Å². The van der Waals surface area contributed by atoms with Gasteiger partial charge < -0.3 is 10.3 Å². The summed E-state index contributed by atoms with van der Waals surface area (Å²) in [6.07, 6.45) is 0. The van der Waals surface area contributed by atoms with E-state index >= 15 is 0 Å². The van der Waals surface area contributed by atoms with Gasteiger partial charge in [-0.1, -0.05) is 49.1 Å². The second kappa shape index (κ2) is 5.38. The highest BCUT2D eigenvalue weighted by Crippen LogP contribution is 2.31. The molecule has 0 spiro atoms. The molecular weight excluding hydrogens is 386 g/mol. The molecule has 1 heterocycles. The van der Waals surface area contributed by atoms with Gasteiger partial charge in [0.2, 0.25) is 5.82 Å². The number of aromatic nitrogens is 2. The fraction of sp³-hybridized carbons (Fsp3) is 0. The zero-order valence-electron chi connectivity index (χ0n) is 10.2. The Bertz CT molecular complexity index is 771. The Labute approximate surface area is 132 Å². The molecule has 0 bridgehead atoms. The van der Waals surface area contributed by atoms with Gasteiger partial charge in [-0.25, -0.2) is 0 Å². The first-order chi connectivity index (χ1) is 9.65. The lowest BCUT2D eigenvalue weighted by molar-refractivity contribution is 0.432. The number of nitrogens with two attached hydrogens (primary N) is 1. The van der Waals surface area contributed by atoms with Crippen molar-refractivity contribution in [3.63, 3.8) is 0 Å². The average molecular weight is 395 g/mol. The summed E-state index contributed by atoms with van der Waals surface area (Å²) in [7, 11) is 0. The molecule has 0 amide bonds. The highest BCUT2D eigenvalue weighted by molar-refractivity contribution is 9.10. The van der Waals surface area contributed by atoms with E-state index in [0.717, 1.165) is 14.5 Å². The van der Waals surface area contributed by atoms with Gasteiger partial charge in [0, 0.05) is 20.2 Å². The van der Waals surface area contributed by atoms with E-state index in [-0.39, 0.29) is 0 Å². The van der Waals surface area contributed by atoms with E-state index < -0.39 is 0 Å². The first-order valence-electron chi connectivity index (χ1n) is 5.79. The fourth-order valence-electron chi connectivity index (χ4n) is 1.80. The predicted octanol–water partition coefficient (Wildman–Crippen LogP) is 4.51. The van der Waals surface area contributed by atoms with Gasteiger partial charge in [0.25, 0.3) is 5.89 Å². The van der Waals surface area contributed by atoms with Gasteiger partial charge in [0.1, 0.15) is 0 Å². The third kappa shape index (κ3) is 2.48. The van der Waals surface area contributed by atoms with Gasteiger partial charge in [-0.2, -0.15) is 4.98 Å². The van der Waals surface area contributed by atoms with E-state index in [1.807, 2.05) is 36.4 Å². The molecule has 6 heteroatoms. The van der Waals surface area contributed by atoms with Crippen molar-refractivity contribution in [2.24, 2.45) is 0 Å². The maximum absolute atomic E-state index is 5.94. The molecule has 20 heavy (non-hydrogen) atoms. The van der Waals surface area contributed by atoms with Crippen molar-refractivity contribution in [2.45, 2.75) is 0 Å². The largest absolute Gasteiger partial charge is 0.398 e. The number of hydrogen-bond donors (Lipinski definition) is 1. The number of benzene rings is 2. The Balaban J connectivity index is 2.07. The molecule has 1 aromatic heterocycles. The minimum Gasteiger partial charge on any atom is -0.398 e. The van der Waals surface area contributed by atoms with Crippen LogP contribution in [0.25, 0.3) is 22.8 Å². The van der Waals surface area contributed by atoms with Crippen LogP contribution in [0, 0.1) is 0 Å². The minimum absolute atomic E-state index is 0.398. The van der Waals surface area contributed by atoms with E-state index in [9.17, 15) is 0 Å². The van der Waals surface area contributed by atoms with E-state index in [0.29, 0.717) is 23.0 Å². The van der Waals surface area contributed by atoms with Gasteiger partial charge in [-0.15, -0.1) is 0 Å². The number of anilines is 1. The molecular formula is C14H9Br2N3O. The number of nitrogen functional groups attached to an aromatic ring is 1.